The predicted octanol–water partition coefficient (Wildman–Crippen LogP) is 4.63. The van der Waals surface area contributed by atoms with Crippen molar-refractivity contribution in [1.82, 2.24) is 15.0 Å². The summed E-state index contributed by atoms with van der Waals surface area (Å²) in [5.74, 6) is 1.10. The molecule has 0 fully saturated rings. The Morgan fingerprint density at radius 2 is 1.70 bits per heavy atom. The highest BCUT2D eigenvalue weighted by atomic mass is 35.5. The summed E-state index contributed by atoms with van der Waals surface area (Å²) in [6.45, 7) is 0. The topological polar surface area (TPSA) is 62.7 Å². The van der Waals surface area contributed by atoms with E-state index in [1.54, 1.807) is 31.4 Å². The fraction of sp³-hybridized carbons (Fsp3) is 0.0625. The van der Waals surface area contributed by atoms with Gasteiger partial charge in [-0.2, -0.15) is 4.98 Å². The molecular formula is C16H13Cl2N5. The molecule has 2 heterocycles. The van der Waals surface area contributed by atoms with Crippen molar-refractivity contribution in [3.05, 3.63) is 58.7 Å². The predicted molar refractivity (Wildman–Crippen MR) is 94.6 cm³/mol. The fourth-order valence-electron chi connectivity index (χ4n) is 2.04. The summed E-state index contributed by atoms with van der Waals surface area (Å²) in [5.41, 5.74) is 2.22. The zero-order valence-corrected chi connectivity index (χ0v) is 13.7. The largest absolute Gasteiger partial charge is 0.357 e. The minimum atomic E-state index is 0.490. The molecule has 0 radical (unpaired) electrons. The van der Waals surface area contributed by atoms with Crippen LogP contribution < -0.4 is 10.6 Å². The van der Waals surface area contributed by atoms with Crippen LogP contribution in [-0.2, 0) is 0 Å². The van der Waals surface area contributed by atoms with Crippen molar-refractivity contribution in [3.8, 4) is 11.4 Å². The second-order valence-corrected chi connectivity index (χ2v) is 5.58. The third kappa shape index (κ3) is 3.88. The van der Waals surface area contributed by atoms with Crippen LogP contribution in [0.3, 0.4) is 0 Å². The number of pyridine rings is 1. The zero-order chi connectivity index (χ0) is 16.2. The van der Waals surface area contributed by atoms with Gasteiger partial charge in [0.05, 0.1) is 11.4 Å². The van der Waals surface area contributed by atoms with E-state index in [1.165, 1.54) is 0 Å². The molecule has 0 saturated heterocycles. The number of aromatic nitrogens is 3. The number of nitrogens with one attached hydrogen (secondary N) is 2. The summed E-state index contributed by atoms with van der Waals surface area (Å²) in [7, 11) is 1.76. The van der Waals surface area contributed by atoms with Gasteiger partial charge in [-0.1, -0.05) is 29.3 Å². The molecule has 0 atom stereocenters. The van der Waals surface area contributed by atoms with Crippen LogP contribution in [0.2, 0.25) is 10.0 Å². The van der Waals surface area contributed by atoms with E-state index in [4.69, 9.17) is 23.2 Å². The monoisotopic (exact) mass is 345 g/mol. The lowest BCUT2D eigenvalue weighted by Crippen LogP contribution is -2.02. The third-order valence-corrected chi connectivity index (χ3v) is 3.45. The van der Waals surface area contributed by atoms with Crippen molar-refractivity contribution >= 4 is 40.7 Å². The van der Waals surface area contributed by atoms with E-state index in [9.17, 15) is 0 Å². The standard InChI is InChI=1S/C16H13Cl2N5/c1-19-16-22-14(13-4-2-3-5-20-13)9-15(23-16)21-12-7-10(17)6-11(18)8-12/h2-9H,1H3,(H2,19,21,22,23). The molecule has 116 valence electrons. The van der Waals surface area contributed by atoms with E-state index >= 15 is 0 Å². The van der Waals surface area contributed by atoms with Crippen molar-refractivity contribution < 1.29 is 0 Å². The lowest BCUT2D eigenvalue weighted by molar-refractivity contribution is 1.14. The minimum Gasteiger partial charge on any atom is -0.357 e. The molecule has 0 unspecified atom stereocenters. The van der Waals surface area contributed by atoms with Gasteiger partial charge in [-0.25, -0.2) is 4.98 Å². The van der Waals surface area contributed by atoms with Crippen LogP contribution in [0.5, 0.6) is 0 Å². The number of rotatable bonds is 4. The van der Waals surface area contributed by atoms with Gasteiger partial charge in [-0.3, -0.25) is 4.98 Å². The van der Waals surface area contributed by atoms with Crippen LogP contribution in [-0.4, -0.2) is 22.0 Å². The van der Waals surface area contributed by atoms with Gasteiger partial charge in [0.2, 0.25) is 5.95 Å². The van der Waals surface area contributed by atoms with Crippen molar-refractivity contribution in [2.45, 2.75) is 0 Å². The number of hydrogen-bond acceptors (Lipinski definition) is 5. The maximum atomic E-state index is 6.02. The molecule has 3 aromatic rings. The fourth-order valence-corrected chi connectivity index (χ4v) is 2.57. The third-order valence-electron chi connectivity index (χ3n) is 3.01. The van der Waals surface area contributed by atoms with Gasteiger partial charge in [0.15, 0.2) is 0 Å². The molecule has 0 spiro atoms. The van der Waals surface area contributed by atoms with Gasteiger partial charge in [0, 0.05) is 35.0 Å². The van der Waals surface area contributed by atoms with Crippen LogP contribution in [0.4, 0.5) is 17.5 Å². The summed E-state index contributed by atoms with van der Waals surface area (Å²) in [6.07, 6.45) is 1.72. The van der Waals surface area contributed by atoms with Crippen LogP contribution in [0.1, 0.15) is 0 Å². The van der Waals surface area contributed by atoms with Crippen molar-refractivity contribution in [2.75, 3.05) is 17.7 Å². The average molecular weight is 346 g/mol. The van der Waals surface area contributed by atoms with Crippen LogP contribution in [0.15, 0.2) is 48.7 Å². The quantitative estimate of drug-likeness (QED) is 0.721. The van der Waals surface area contributed by atoms with E-state index in [0.717, 1.165) is 11.4 Å². The van der Waals surface area contributed by atoms with Crippen LogP contribution in [0.25, 0.3) is 11.4 Å². The Morgan fingerprint density at radius 1 is 0.913 bits per heavy atom. The maximum Gasteiger partial charge on any atom is 0.225 e. The van der Waals surface area contributed by atoms with E-state index in [1.807, 2.05) is 24.3 Å². The van der Waals surface area contributed by atoms with Gasteiger partial charge in [0.25, 0.3) is 0 Å². The smallest absolute Gasteiger partial charge is 0.225 e. The molecule has 7 heteroatoms. The molecule has 0 aliphatic heterocycles. The number of halogens is 2. The summed E-state index contributed by atoms with van der Waals surface area (Å²) >= 11 is 12.0. The lowest BCUT2D eigenvalue weighted by Gasteiger charge is -2.10. The first-order valence-electron chi connectivity index (χ1n) is 6.85. The number of hydrogen-bond donors (Lipinski definition) is 2. The van der Waals surface area contributed by atoms with Crippen LogP contribution in [0, 0.1) is 0 Å². The van der Waals surface area contributed by atoms with Gasteiger partial charge in [0.1, 0.15) is 5.82 Å². The first-order chi connectivity index (χ1) is 11.1. The Bertz CT molecular complexity index is 804. The van der Waals surface area contributed by atoms with Gasteiger partial charge >= 0.3 is 0 Å². The summed E-state index contributed by atoms with van der Waals surface area (Å²) in [4.78, 5) is 13.1. The highest BCUT2D eigenvalue weighted by Crippen LogP contribution is 2.26. The number of anilines is 3. The van der Waals surface area contributed by atoms with Gasteiger partial charge < -0.3 is 10.6 Å². The molecule has 0 amide bonds. The van der Waals surface area contributed by atoms with Crippen molar-refractivity contribution in [2.24, 2.45) is 0 Å². The second-order valence-electron chi connectivity index (χ2n) is 4.71. The van der Waals surface area contributed by atoms with Crippen molar-refractivity contribution in [1.29, 1.82) is 0 Å². The summed E-state index contributed by atoms with van der Waals surface area (Å²) in [6, 6.07) is 12.7. The lowest BCUT2D eigenvalue weighted by atomic mass is 10.2. The minimum absolute atomic E-state index is 0.490. The second kappa shape index (κ2) is 6.81. The van der Waals surface area contributed by atoms with E-state index in [2.05, 4.69) is 25.6 Å². The first-order valence-corrected chi connectivity index (χ1v) is 7.61. The average Bonchev–Trinajstić information content (AvgIpc) is 2.54. The molecule has 0 aliphatic rings. The summed E-state index contributed by atoms with van der Waals surface area (Å²) < 4.78 is 0. The normalized spacial score (nSPS) is 10.4. The maximum absolute atomic E-state index is 6.02. The number of benzene rings is 1. The highest BCUT2D eigenvalue weighted by molar-refractivity contribution is 6.35. The Morgan fingerprint density at radius 3 is 2.35 bits per heavy atom. The molecule has 0 bridgehead atoms. The molecule has 2 N–H and O–H groups in total. The zero-order valence-electron chi connectivity index (χ0n) is 12.2. The molecular weight excluding hydrogens is 333 g/mol. The van der Waals surface area contributed by atoms with Gasteiger partial charge in [-0.15, -0.1) is 0 Å². The SMILES string of the molecule is CNc1nc(Nc2cc(Cl)cc(Cl)c2)cc(-c2ccccn2)n1. The molecule has 0 aliphatic carbocycles. The molecule has 1 aromatic carbocycles. The molecule has 23 heavy (non-hydrogen) atoms. The first kappa shape index (κ1) is 15.5. The van der Waals surface area contributed by atoms with Gasteiger partial charge in [-0.05, 0) is 30.3 Å². The molecule has 2 aromatic heterocycles. The van der Waals surface area contributed by atoms with Crippen molar-refractivity contribution in [3.63, 3.8) is 0 Å². The van der Waals surface area contributed by atoms with Crippen LogP contribution >= 0.6 is 23.2 Å². The Balaban J connectivity index is 1.98. The van der Waals surface area contributed by atoms with E-state index < -0.39 is 0 Å². The molecule has 3 rings (SSSR count). The molecule has 5 nitrogen and oxygen atoms in total. The van der Waals surface area contributed by atoms with E-state index in [-0.39, 0.29) is 0 Å². The highest BCUT2D eigenvalue weighted by Gasteiger charge is 2.08. The Labute approximate surface area is 143 Å². The molecule has 0 saturated carbocycles. The Kier molecular flexibility index (Phi) is 4.60. The Hall–Kier alpha value is -2.37. The summed E-state index contributed by atoms with van der Waals surface area (Å²) in [5, 5.41) is 7.22. The number of nitrogens with zero attached hydrogens (tertiary/aromatic N) is 3. The van der Waals surface area contributed by atoms with E-state index in [0.29, 0.717) is 27.5 Å².